The molecule has 1 unspecified atom stereocenters. The number of aryl methyl sites for hydroxylation is 1. The molecule has 0 spiro atoms. The smallest absolute Gasteiger partial charge is 0.261 e. The van der Waals surface area contributed by atoms with Gasteiger partial charge in [0.05, 0.1) is 38.8 Å². The van der Waals surface area contributed by atoms with Crippen LogP contribution in [-0.2, 0) is 7.05 Å². The number of rotatable bonds is 5. The van der Waals surface area contributed by atoms with Gasteiger partial charge in [-0.25, -0.2) is 0 Å². The third-order valence-corrected chi connectivity index (χ3v) is 6.15. The molecule has 1 aliphatic heterocycles. The Balaban J connectivity index is 1.79. The average Bonchev–Trinajstić information content (AvgIpc) is 3.18. The van der Waals surface area contributed by atoms with Gasteiger partial charge in [-0.2, -0.15) is 5.10 Å². The molecule has 7 heteroatoms. The monoisotopic (exact) mass is 411 g/mol. The van der Waals surface area contributed by atoms with Gasteiger partial charge in [-0.05, 0) is 50.2 Å². The maximum atomic E-state index is 13.7. The van der Waals surface area contributed by atoms with E-state index in [4.69, 9.17) is 14.2 Å². The first-order valence-electron chi connectivity index (χ1n) is 10.4. The summed E-state index contributed by atoms with van der Waals surface area (Å²) in [6, 6.07) is 3.70. The Bertz CT molecular complexity index is 979. The second-order valence-corrected chi connectivity index (χ2v) is 7.77. The van der Waals surface area contributed by atoms with Gasteiger partial charge in [-0.3, -0.25) is 9.48 Å². The molecule has 1 aliphatic carbocycles. The van der Waals surface area contributed by atoms with Crippen LogP contribution >= 0.6 is 0 Å². The number of aromatic nitrogens is 2. The highest BCUT2D eigenvalue weighted by Gasteiger charge is 2.33. The SMILES string of the molecule is COc1ccc(-c2c(C(=O)N3CCCC4CCCC=C43)cnn2C)c(OC)c1OC. The Labute approximate surface area is 177 Å². The molecule has 2 aliphatic rings. The fourth-order valence-electron chi connectivity index (χ4n) is 4.74. The van der Waals surface area contributed by atoms with Gasteiger partial charge in [0, 0.05) is 24.9 Å². The summed E-state index contributed by atoms with van der Waals surface area (Å²) in [5.41, 5.74) is 3.20. The quantitative estimate of drug-likeness (QED) is 0.743. The predicted octanol–water partition coefficient (Wildman–Crippen LogP) is 4.03. The molecule has 30 heavy (non-hydrogen) atoms. The second-order valence-electron chi connectivity index (χ2n) is 7.77. The third kappa shape index (κ3) is 3.32. The number of hydrogen-bond acceptors (Lipinski definition) is 5. The minimum absolute atomic E-state index is 0.00668. The number of benzene rings is 1. The highest BCUT2D eigenvalue weighted by Crippen LogP contribution is 2.45. The van der Waals surface area contributed by atoms with Gasteiger partial charge >= 0.3 is 0 Å². The zero-order valence-corrected chi connectivity index (χ0v) is 18.1. The maximum absolute atomic E-state index is 13.7. The van der Waals surface area contributed by atoms with Crippen molar-refractivity contribution in [3.63, 3.8) is 0 Å². The summed E-state index contributed by atoms with van der Waals surface area (Å²) in [6.45, 7) is 0.749. The summed E-state index contributed by atoms with van der Waals surface area (Å²) in [5, 5.41) is 4.41. The Morgan fingerprint density at radius 3 is 2.57 bits per heavy atom. The normalized spacial score (nSPS) is 18.5. The first-order valence-corrected chi connectivity index (χ1v) is 10.4. The van der Waals surface area contributed by atoms with Crippen LogP contribution in [0.25, 0.3) is 11.3 Å². The van der Waals surface area contributed by atoms with E-state index in [-0.39, 0.29) is 5.91 Å². The van der Waals surface area contributed by atoms with Crippen molar-refractivity contribution < 1.29 is 19.0 Å². The second kappa shape index (κ2) is 8.42. The molecule has 1 saturated heterocycles. The van der Waals surface area contributed by atoms with Crippen molar-refractivity contribution in [3.8, 4) is 28.5 Å². The number of ether oxygens (including phenoxy) is 3. The van der Waals surface area contributed by atoms with Crippen molar-refractivity contribution in [3.05, 3.63) is 35.7 Å². The number of carbonyl (C=O) groups excluding carboxylic acids is 1. The molecule has 2 heterocycles. The molecule has 0 bridgehead atoms. The lowest BCUT2D eigenvalue weighted by atomic mass is 9.84. The van der Waals surface area contributed by atoms with E-state index >= 15 is 0 Å². The molecule has 1 amide bonds. The van der Waals surface area contributed by atoms with Crippen molar-refractivity contribution in [1.82, 2.24) is 14.7 Å². The molecule has 160 valence electrons. The molecule has 1 aromatic carbocycles. The molecular weight excluding hydrogens is 382 g/mol. The van der Waals surface area contributed by atoms with Gasteiger partial charge in [-0.1, -0.05) is 6.08 Å². The van der Waals surface area contributed by atoms with Gasteiger partial charge in [0.1, 0.15) is 0 Å². The molecular formula is C23H29N3O4. The number of amides is 1. The molecule has 7 nitrogen and oxygen atoms in total. The first-order chi connectivity index (χ1) is 14.6. The molecule has 1 atom stereocenters. The van der Waals surface area contributed by atoms with Crippen molar-refractivity contribution in [2.75, 3.05) is 27.9 Å². The lowest BCUT2D eigenvalue weighted by Gasteiger charge is -2.38. The van der Waals surface area contributed by atoms with E-state index in [9.17, 15) is 4.79 Å². The van der Waals surface area contributed by atoms with E-state index in [0.717, 1.165) is 24.9 Å². The first kappa shape index (κ1) is 20.3. The lowest BCUT2D eigenvalue weighted by Crippen LogP contribution is -2.39. The molecule has 0 radical (unpaired) electrons. The molecule has 4 rings (SSSR count). The van der Waals surface area contributed by atoms with Gasteiger partial charge in [0.25, 0.3) is 5.91 Å². The molecule has 0 saturated carbocycles. The predicted molar refractivity (Wildman–Crippen MR) is 114 cm³/mol. The van der Waals surface area contributed by atoms with E-state index in [1.165, 1.54) is 25.0 Å². The lowest BCUT2D eigenvalue weighted by molar-refractivity contribution is 0.0749. The number of allylic oxidation sites excluding steroid dienone is 2. The number of piperidine rings is 1. The number of likely N-dealkylation sites (tertiary alicyclic amines) is 1. The number of hydrogen-bond donors (Lipinski definition) is 0. The van der Waals surface area contributed by atoms with E-state index in [2.05, 4.69) is 11.2 Å². The van der Waals surface area contributed by atoms with Crippen molar-refractivity contribution >= 4 is 5.91 Å². The standard InChI is InChI=1S/C23H29N3O4/c1-25-20(16-11-12-19(28-2)22(30-4)21(16)29-3)17(14-24-25)23(27)26-13-7-9-15-8-5-6-10-18(15)26/h10-12,14-15H,5-9,13H2,1-4H3. The maximum Gasteiger partial charge on any atom is 0.261 e. The zero-order chi connectivity index (χ0) is 21.3. The molecule has 0 N–H and O–H groups in total. The van der Waals surface area contributed by atoms with Crippen molar-refractivity contribution in [2.45, 2.75) is 32.1 Å². The van der Waals surface area contributed by atoms with Gasteiger partial charge < -0.3 is 19.1 Å². The third-order valence-electron chi connectivity index (χ3n) is 6.15. The fourth-order valence-corrected chi connectivity index (χ4v) is 4.74. The van der Waals surface area contributed by atoms with E-state index in [1.807, 2.05) is 24.1 Å². The zero-order valence-electron chi connectivity index (χ0n) is 18.1. The van der Waals surface area contributed by atoms with Crippen LogP contribution in [0.4, 0.5) is 0 Å². The van der Waals surface area contributed by atoms with Crippen LogP contribution < -0.4 is 14.2 Å². The Kier molecular flexibility index (Phi) is 5.70. The highest BCUT2D eigenvalue weighted by molar-refractivity contribution is 6.01. The summed E-state index contributed by atoms with van der Waals surface area (Å²) in [4.78, 5) is 15.6. The van der Waals surface area contributed by atoms with Crippen LogP contribution in [0.3, 0.4) is 0 Å². The van der Waals surface area contributed by atoms with Crippen molar-refractivity contribution in [2.24, 2.45) is 13.0 Å². The van der Waals surface area contributed by atoms with Crippen LogP contribution in [0.15, 0.2) is 30.1 Å². The number of carbonyl (C=O) groups is 1. The average molecular weight is 412 g/mol. The summed E-state index contributed by atoms with van der Waals surface area (Å²) >= 11 is 0. The number of methoxy groups -OCH3 is 3. The van der Waals surface area contributed by atoms with Crippen molar-refractivity contribution in [1.29, 1.82) is 0 Å². The summed E-state index contributed by atoms with van der Waals surface area (Å²) < 4.78 is 18.3. The molecule has 2 aromatic rings. The molecule has 1 fully saturated rings. The molecule has 1 aromatic heterocycles. The number of nitrogens with zero attached hydrogens (tertiary/aromatic N) is 3. The van der Waals surface area contributed by atoms with Crippen LogP contribution in [0, 0.1) is 5.92 Å². The largest absolute Gasteiger partial charge is 0.493 e. The Morgan fingerprint density at radius 2 is 1.83 bits per heavy atom. The fraction of sp³-hybridized carbons (Fsp3) is 0.478. The minimum atomic E-state index is -0.00668. The van der Waals surface area contributed by atoms with Crippen LogP contribution in [-0.4, -0.2) is 48.5 Å². The van der Waals surface area contributed by atoms with Crippen LogP contribution in [0.2, 0.25) is 0 Å². The highest BCUT2D eigenvalue weighted by atomic mass is 16.5. The van der Waals surface area contributed by atoms with Gasteiger partial charge in [0.2, 0.25) is 5.75 Å². The van der Waals surface area contributed by atoms with E-state index in [1.54, 1.807) is 32.2 Å². The number of fused-ring (bicyclic) bond motifs is 1. The van der Waals surface area contributed by atoms with Gasteiger partial charge in [0.15, 0.2) is 11.5 Å². The van der Waals surface area contributed by atoms with Crippen LogP contribution in [0.1, 0.15) is 42.5 Å². The Morgan fingerprint density at radius 1 is 1.07 bits per heavy atom. The van der Waals surface area contributed by atoms with Gasteiger partial charge in [-0.15, -0.1) is 0 Å². The topological polar surface area (TPSA) is 65.8 Å². The summed E-state index contributed by atoms with van der Waals surface area (Å²) in [6.07, 6.45) is 9.51. The Hall–Kier alpha value is -2.96. The minimum Gasteiger partial charge on any atom is -0.493 e. The summed E-state index contributed by atoms with van der Waals surface area (Å²) in [7, 11) is 6.57. The van der Waals surface area contributed by atoms with E-state index in [0.29, 0.717) is 34.4 Å². The van der Waals surface area contributed by atoms with E-state index < -0.39 is 0 Å². The summed E-state index contributed by atoms with van der Waals surface area (Å²) in [5.74, 6) is 2.06. The van der Waals surface area contributed by atoms with Crippen LogP contribution in [0.5, 0.6) is 17.2 Å².